The van der Waals surface area contributed by atoms with E-state index in [1.807, 2.05) is 11.8 Å². The number of thioether (sulfide) groups is 1. The molecule has 0 amide bonds. The quantitative estimate of drug-likeness (QED) is 0.653. The molecule has 1 aliphatic rings. The zero-order valence-corrected chi connectivity index (χ0v) is 11.0. The average molecular weight is 272 g/mol. The van der Waals surface area contributed by atoms with E-state index in [1.165, 1.54) is 6.07 Å². The third-order valence-electron chi connectivity index (χ3n) is 3.44. The molecule has 1 aromatic carbocycles. The van der Waals surface area contributed by atoms with E-state index in [4.69, 9.17) is 5.84 Å². The van der Waals surface area contributed by atoms with Gasteiger partial charge in [0, 0.05) is 11.6 Å². The van der Waals surface area contributed by atoms with Crippen molar-refractivity contribution in [2.45, 2.75) is 25.3 Å². The first-order valence-electron chi connectivity index (χ1n) is 6.19. The fourth-order valence-corrected chi connectivity index (χ4v) is 3.59. The van der Waals surface area contributed by atoms with Crippen molar-refractivity contribution in [2.24, 2.45) is 11.8 Å². The van der Waals surface area contributed by atoms with Crippen molar-refractivity contribution >= 4 is 11.8 Å². The summed E-state index contributed by atoms with van der Waals surface area (Å²) in [6.45, 7) is 0. The molecule has 0 spiro atoms. The van der Waals surface area contributed by atoms with E-state index in [-0.39, 0.29) is 6.04 Å². The monoisotopic (exact) mass is 272 g/mol. The summed E-state index contributed by atoms with van der Waals surface area (Å²) >= 11 is 1.95. The Morgan fingerprint density at radius 1 is 1.33 bits per heavy atom. The number of hydrazine groups is 1. The number of nitrogens with one attached hydrogen (secondary N) is 1. The first-order valence-corrected chi connectivity index (χ1v) is 7.35. The second kappa shape index (κ2) is 6.50. The van der Waals surface area contributed by atoms with Crippen molar-refractivity contribution in [3.05, 3.63) is 35.4 Å². The van der Waals surface area contributed by atoms with E-state index in [0.717, 1.165) is 42.9 Å². The van der Waals surface area contributed by atoms with Gasteiger partial charge in [-0.1, -0.05) is 0 Å². The van der Waals surface area contributed by atoms with Gasteiger partial charge in [-0.25, -0.2) is 8.78 Å². The van der Waals surface area contributed by atoms with E-state index in [0.29, 0.717) is 11.5 Å². The summed E-state index contributed by atoms with van der Waals surface area (Å²) in [7, 11) is 0. The summed E-state index contributed by atoms with van der Waals surface area (Å²) in [5.74, 6) is 7.50. The van der Waals surface area contributed by atoms with Gasteiger partial charge in [0.05, 0.1) is 0 Å². The first kappa shape index (κ1) is 13.8. The molecule has 1 fully saturated rings. The lowest BCUT2D eigenvalue weighted by molar-refractivity contribution is 0.365. The molecule has 0 aliphatic carbocycles. The maximum absolute atomic E-state index is 13.7. The highest BCUT2D eigenvalue weighted by molar-refractivity contribution is 7.99. The molecular formula is C13H18F2N2S. The molecule has 3 N–H and O–H groups in total. The molecule has 2 nitrogen and oxygen atoms in total. The number of halogens is 2. The van der Waals surface area contributed by atoms with Gasteiger partial charge >= 0.3 is 0 Å². The van der Waals surface area contributed by atoms with Crippen LogP contribution in [0, 0.1) is 17.6 Å². The lowest BCUT2D eigenvalue weighted by Crippen LogP contribution is -2.31. The zero-order valence-electron chi connectivity index (χ0n) is 10.2. The number of hydrogen-bond donors (Lipinski definition) is 2. The molecule has 1 unspecified atom stereocenters. The van der Waals surface area contributed by atoms with Crippen LogP contribution in [0.3, 0.4) is 0 Å². The molecule has 5 heteroatoms. The van der Waals surface area contributed by atoms with Crippen molar-refractivity contribution in [1.29, 1.82) is 0 Å². The van der Waals surface area contributed by atoms with E-state index >= 15 is 0 Å². The lowest BCUT2D eigenvalue weighted by Gasteiger charge is -2.26. The van der Waals surface area contributed by atoms with E-state index in [9.17, 15) is 8.78 Å². The van der Waals surface area contributed by atoms with Gasteiger partial charge in [0.2, 0.25) is 0 Å². The number of nitrogens with two attached hydrogens (primary N) is 1. The van der Waals surface area contributed by atoms with E-state index < -0.39 is 11.6 Å². The highest BCUT2D eigenvalue weighted by Crippen LogP contribution is 2.31. The largest absolute Gasteiger partial charge is 0.271 e. The predicted octanol–water partition coefficient (Wildman–Crippen LogP) is 3.00. The number of benzene rings is 1. The van der Waals surface area contributed by atoms with Crippen molar-refractivity contribution in [3.63, 3.8) is 0 Å². The molecule has 0 bridgehead atoms. The Labute approximate surface area is 110 Å². The van der Waals surface area contributed by atoms with Crippen molar-refractivity contribution in [2.75, 3.05) is 11.5 Å². The Balaban J connectivity index is 2.09. The van der Waals surface area contributed by atoms with Crippen LogP contribution in [0.25, 0.3) is 0 Å². The molecular weight excluding hydrogens is 254 g/mol. The normalized spacial score (nSPS) is 18.8. The average Bonchev–Trinajstić information content (AvgIpc) is 2.40. The van der Waals surface area contributed by atoms with Gasteiger partial charge in [-0.3, -0.25) is 11.3 Å². The van der Waals surface area contributed by atoms with Crippen LogP contribution in [0.4, 0.5) is 8.78 Å². The van der Waals surface area contributed by atoms with Crippen LogP contribution in [0.5, 0.6) is 0 Å². The zero-order chi connectivity index (χ0) is 13.0. The van der Waals surface area contributed by atoms with Gasteiger partial charge in [0.25, 0.3) is 0 Å². The topological polar surface area (TPSA) is 38.0 Å². The van der Waals surface area contributed by atoms with E-state index in [1.54, 1.807) is 0 Å². The standard InChI is InChI=1S/C13H18F2N2S/c14-10-1-2-12(15)11(8-10)13(17-16)7-9-3-5-18-6-4-9/h1-2,8-9,13,17H,3-7,16H2. The van der Waals surface area contributed by atoms with Crippen LogP contribution in [-0.4, -0.2) is 11.5 Å². The Kier molecular flexibility index (Phi) is 4.97. The Morgan fingerprint density at radius 2 is 2.06 bits per heavy atom. The smallest absolute Gasteiger partial charge is 0.128 e. The minimum absolute atomic E-state index is 0.311. The molecule has 1 heterocycles. The van der Waals surface area contributed by atoms with Crippen molar-refractivity contribution in [1.82, 2.24) is 5.43 Å². The van der Waals surface area contributed by atoms with Crippen LogP contribution in [0.15, 0.2) is 18.2 Å². The fourth-order valence-electron chi connectivity index (χ4n) is 2.38. The van der Waals surface area contributed by atoms with Crippen LogP contribution in [0.1, 0.15) is 30.9 Å². The third kappa shape index (κ3) is 3.43. The van der Waals surface area contributed by atoms with Gasteiger partial charge in [-0.05, 0) is 54.9 Å². The van der Waals surface area contributed by atoms with Gasteiger partial charge < -0.3 is 0 Å². The molecule has 18 heavy (non-hydrogen) atoms. The second-order valence-electron chi connectivity index (χ2n) is 4.68. The summed E-state index contributed by atoms with van der Waals surface area (Å²) in [4.78, 5) is 0. The number of rotatable bonds is 4. The third-order valence-corrected chi connectivity index (χ3v) is 4.49. The second-order valence-corrected chi connectivity index (χ2v) is 5.90. The minimum atomic E-state index is -0.425. The molecule has 0 aromatic heterocycles. The molecule has 100 valence electrons. The van der Waals surface area contributed by atoms with Crippen LogP contribution in [0.2, 0.25) is 0 Å². The summed E-state index contributed by atoms with van der Waals surface area (Å²) in [6, 6.07) is 3.21. The highest BCUT2D eigenvalue weighted by atomic mass is 32.2. The Bertz CT molecular complexity index is 395. The SMILES string of the molecule is NNC(CC1CCSCC1)c1cc(F)ccc1F. The summed E-state index contributed by atoms with van der Waals surface area (Å²) < 4.78 is 26.9. The predicted molar refractivity (Wildman–Crippen MR) is 71.1 cm³/mol. The maximum Gasteiger partial charge on any atom is 0.128 e. The van der Waals surface area contributed by atoms with Crippen LogP contribution in [-0.2, 0) is 0 Å². The molecule has 2 rings (SSSR count). The molecule has 1 aromatic rings. The van der Waals surface area contributed by atoms with Crippen LogP contribution >= 0.6 is 11.8 Å². The lowest BCUT2D eigenvalue weighted by atomic mass is 9.91. The molecule has 0 saturated carbocycles. The van der Waals surface area contributed by atoms with Gasteiger partial charge in [0.15, 0.2) is 0 Å². The van der Waals surface area contributed by atoms with Gasteiger partial charge in [0.1, 0.15) is 11.6 Å². The van der Waals surface area contributed by atoms with E-state index in [2.05, 4.69) is 5.43 Å². The Hall–Kier alpha value is -0.650. The van der Waals surface area contributed by atoms with Crippen molar-refractivity contribution in [3.8, 4) is 0 Å². The van der Waals surface area contributed by atoms with Crippen molar-refractivity contribution < 1.29 is 8.78 Å². The first-order chi connectivity index (χ1) is 8.70. The maximum atomic E-state index is 13.7. The minimum Gasteiger partial charge on any atom is -0.271 e. The van der Waals surface area contributed by atoms with Gasteiger partial charge in [-0.15, -0.1) is 0 Å². The number of hydrogen-bond acceptors (Lipinski definition) is 3. The summed E-state index contributed by atoms with van der Waals surface area (Å²) in [6.07, 6.45) is 3.01. The molecule has 1 aliphatic heterocycles. The molecule has 0 radical (unpaired) electrons. The Morgan fingerprint density at radius 3 is 2.72 bits per heavy atom. The molecule has 1 saturated heterocycles. The summed E-state index contributed by atoms with van der Waals surface area (Å²) in [5.41, 5.74) is 2.95. The summed E-state index contributed by atoms with van der Waals surface area (Å²) in [5, 5.41) is 0. The molecule has 1 atom stereocenters. The van der Waals surface area contributed by atoms with Gasteiger partial charge in [-0.2, -0.15) is 11.8 Å². The highest BCUT2D eigenvalue weighted by Gasteiger charge is 2.22. The fraction of sp³-hybridized carbons (Fsp3) is 0.538. The van der Waals surface area contributed by atoms with Crippen LogP contribution < -0.4 is 11.3 Å².